The van der Waals surface area contributed by atoms with Crippen LogP contribution in [0.3, 0.4) is 0 Å². The molecule has 1 aliphatic rings. The van der Waals surface area contributed by atoms with Crippen LogP contribution in [0.25, 0.3) is 0 Å². The van der Waals surface area contributed by atoms with Gasteiger partial charge in [-0.3, -0.25) is 4.98 Å². The molecule has 106 valence electrons. The van der Waals surface area contributed by atoms with Crippen LogP contribution in [-0.2, 0) is 6.42 Å². The van der Waals surface area contributed by atoms with E-state index in [4.69, 9.17) is 0 Å². The molecule has 2 rings (SSSR count). The van der Waals surface area contributed by atoms with E-state index >= 15 is 0 Å². The number of hydrogen-bond donors (Lipinski definition) is 1. The monoisotopic (exact) mass is 262 g/mol. The Bertz CT molecular complexity index is 370. The van der Waals surface area contributed by atoms with Gasteiger partial charge in [-0.25, -0.2) is 0 Å². The molecule has 0 amide bonds. The third kappa shape index (κ3) is 3.34. The smallest absolute Gasteiger partial charge is 0.0778 e. The topological polar surface area (TPSA) is 36.4 Å². The average Bonchev–Trinajstić information content (AvgIpc) is 2.66. The van der Waals surface area contributed by atoms with E-state index in [1.54, 1.807) is 6.20 Å². The van der Waals surface area contributed by atoms with Gasteiger partial charge in [-0.05, 0) is 39.1 Å². The van der Waals surface area contributed by atoms with E-state index in [1.165, 1.54) is 25.7 Å². The van der Waals surface area contributed by atoms with Gasteiger partial charge in [0.25, 0.3) is 0 Å². The Labute approximate surface area is 116 Å². The minimum atomic E-state index is -0.338. The van der Waals surface area contributed by atoms with Crippen molar-refractivity contribution in [3.8, 4) is 0 Å². The molecule has 1 heterocycles. The Morgan fingerprint density at radius 3 is 2.42 bits per heavy atom. The first kappa shape index (κ1) is 14.5. The average molecular weight is 262 g/mol. The fraction of sp³-hybridized carbons (Fsp3) is 0.688. The van der Waals surface area contributed by atoms with Crippen molar-refractivity contribution in [2.24, 2.45) is 0 Å². The standard InChI is InChI=1S/C16H26N2O/c1-18(2)16(10-6-3-4-7-11-16)15(19)13-14-9-5-8-12-17-14/h5,8-9,12,15,19H,3-4,6-7,10-11,13H2,1-2H3. The Morgan fingerprint density at radius 2 is 1.89 bits per heavy atom. The van der Waals surface area contributed by atoms with Crippen molar-refractivity contribution in [1.29, 1.82) is 0 Å². The minimum absolute atomic E-state index is 0.0754. The molecule has 1 aromatic heterocycles. The summed E-state index contributed by atoms with van der Waals surface area (Å²) in [5.74, 6) is 0. The normalized spacial score (nSPS) is 21.1. The second kappa shape index (κ2) is 6.49. The van der Waals surface area contributed by atoms with Crippen molar-refractivity contribution < 1.29 is 5.11 Å². The van der Waals surface area contributed by atoms with Crippen molar-refractivity contribution in [3.05, 3.63) is 30.1 Å². The zero-order valence-corrected chi connectivity index (χ0v) is 12.2. The van der Waals surface area contributed by atoms with Crippen molar-refractivity contribution in [2.75, 3.05) is 14.1 Å². The molecule has 1 unspecified atom stereocenters. The van der Waals surface area contributed by atoms with Crippen LogP contribution >= 0.6 is 0 Å². The summed E-state index contributed by atoms with van der Waals surface area (Å²) in [6.45, 7) is 0. The number of nitrogens with zero attached hydrogens (tertiary/aromatic N) is 2. The van der Waals surface area contributed by atoms with Gasteiger partial charge in [-0.2, -0.15) is 0 Å². The molecule has 0 saturated heterocycles. The molecule has 1 N–H and O–H groups in total. The molecule has 1 aromatic rings. The lowest BCUT2D eigenvalue weighted by molar-refractivity contribution is -0.0179. The summed E-state index contributed by atoms with van der Waals surface area (Å²) < 4.78 is 0. The molecule has 3 nitrogen and oxygen atoms in total. The Morgan fingerprint density at radius 1 is 1.21 bits per heavy atom. The highest BCUT2D eigenvalue weighted by Gasteiger charge is 2.40. The zero-order valence-electron chi connectivity index (χ0n) is 12.2. The van der Waals surface area contributed by atoms with E-state index in [9.17, 15) is 5.11 Å². The molecule has 0 aromatic carbocycles. The molecule has 1 saturated carbocycles. The van der Waals surface area contributed by atoms with Crippen LogP contribution in [0.1, 0.15) is 44.2 Å². The van der Waals surface area contributed by atoms with Crippen molar-refractivity contribution in [1.82, 2.24) is 9.88 Å². The fourth-order valence-electron chi connectivity index (χ4n) is 3.33. The highest BCUT2D eigenvalue weighted by atomic mass is 16.3. The van der Waals surface area contributed by atoms with E-state index < -0.39 is 0 Å². The summed E-state index contributed by atoms with van der Waals surface area (Å²) >= 11 is 0. The summed E-state index contributed by atoms with van der Waals surface area (Å²) in [6, 6.07) is 5.91. The summed E-state index contributed by atoms with van der Waals surface area (Å²) in [5.41, 5.74) is 0.911. The van der Waals surface area contributed by atoms with Gasteiger partial charge in [0.1, 0.15) is 0 Å². The van der Waals surface area contributed by atoms with Gasteiger partial charge in [0, 0.05) is 23.9 Å². The van der Waals surface area contributed by atoms with Gasteiger partial charge in [-0.1, -0.05) is 31.7 Å². The Kier molecular flexibility index (Phi) is 4.94. The number of likely N-dealkylation sites (N-methyl/N-ethyl adjacent to an activating group) is 1. The van der Waals surface area contributed by atoms with Crippen molar-refractivity contribution in [2.45, 2.75) is 56.6 Å². The van der Waals surface area contributed by atoms with Crippen molar-refractivity contribution >= 4 is 0 Å². The van der Waals surface area contributed by atoms with E-state index in [0.29, 0.717) is 6.42 Å². The first-order valence-electron chi connectivity index (χ1n) is 7.40. The van der Waals surface area contributed by atoms with Gasteiger partial charge in [0.05, 0.1) is 6.10 Å². The van der Waals surface area contributed by atoms with E-state index in [2.05, 4.69) is 24.0 Å². The Balaban J connectivity index is 2.13. The third-order valence-electron chi connectivity index (χ3n) is 4.61. The predicted octanol–water partition coefficient (Wildman–Crippen LogP) is 2.64. The zero-order chi connectivity index (χ0) is 13.7. The summed E-state index contributed by atoms with van der Waals surface area (Å²) in [5, 5.41) is 10.8. The minimum Gasteiger partial charge on any atom is -0.391 e. The second-order valence-electron chi connectivity index (χ2n) is 5.95. The summed E-state index contributed by atoms with van der Waals surface area (Å²) in [6.07, 6.45) is 9.33. The lowest BCUT2D eigenvalue weighted by atomic mass is 9.81. The maximum absolute atomic E-state index is 10.8. The lowest BCUT2D eigenvalue weighted by Crippen LogP contribution is -2.54. The maximum Gasteiger partial charge on any atom is 0.0778 e. The number of rotatable bonds is 4. The largest absolute Gasteiger partial charge is 0.391 e. The quantitative estimate of drug-likeness (QED) is 0.847. The molecule has 19 heavy (non-hydrogen) atoms. The number of aliphatic hydroxyl groups excluding tert-OH is 1. The number of aromatic nitrogens is 1. The molecular weight excluding hydrogens is 236 g/mol. The highest BCUT2D eigenvalue weighted by molar-refractivity contribution is 5.08. The highest BCUT2D eigenvalue weighted by Crippen LogP contribution is 2.35. The lowest BCUT2D eigenvalue weighted by Gasteiger charge is -2.43. The summed E-state index contributed by atoms with van der Waals surface area (Å²) in [7, 11) is 4.21. The molecule has 1 fully saturated rings. The van der Waals surface area contributed by atoms with Gasteiger partial charge >= 0.3 is 0 Å². The molecule has 3 heteroatoms. The van der Waals surface area contributed by atoms with Crippen molar-refractivity contribution in [3.63, 3.8) is 0 Å². The molecular formula is C16H26N2O. The third-order valence-corrected chi connectivity index (χ3v) is 4.61. The van der Waals surface area contributed by atoms with Crippen LogP contribution in [0, 0.1) is 0 Å². The van der Waals surface area contributed by atoms with Crippen LogP contribution in [0.5, 0.6) is 0 Å². The second-order valence-corrected chi connectivity index (χ2v) is 5.95. The predicted molar refractivity (Wildman–Crippen MR) is 78.1 cm³/mol. The van der Waals surface area contributed by atoms with E-state index in [0.717, 1.165) is 18.5 Å². The first-order valence-corrected chi connectivity index (χ1v) is 7.40. The van der Waals surface area contributed by atoms with Gasteiger partial charge in [0.15, 0.2) is 0 Å². The van der Waals surface area contributed by atoms with Crippen LogP contribution in [-0.4, -0.2) is 40.7 Å². The van der Waals surface area contributed by atoms with Crippen LogP contribution in [0.2, 0.25) is 0 Å². The molecule has 0 radical (unpaired) electrons. The SMILES string of the molecule is CN(C)C1(C(O)Cc2ccccn2)CCCCCC1. The summed E-state index contributed by atoms with van der Waals surface area (Å²) in [4.78, 5) is 6.59. The number of pyridine rings is 1. The van der Waals surface area contributed by atoms with E-state index in [-0.39, 0.29) is 11.6 Å². The maximum atomic E-state index is 10.8. The fourth-order valence-corrected chi connectivity index (χ4v) is 3.33. The first-order chi connectivity index (χ1) is 9.15. The molecule has 0 aliphatic heterocycles. The van der Waals surface area contributed by atoms with E-state index in [1.807, 2.05) is 18.2 Å². The van der Waals surface area contributed by atoms with Crippen LogP contribution in [0.4, 0.5) is 0 Å². The molecule has 1 atom stereocenters. The van der Waals surface area contributed by atoms with Crippen LogP contribution in [0.15, 0.2) is 24.4 Å². The Hall–Kier alpha value is -0.930. The van der Waals surface area contributed by atoms with Crippen LogP contribution < -0.4 is 0 Å². The molecule has 0 spiro atoms. The molecule has 1 aliphatic carbocycles. The number of hydrogen-bond acceptors (Lipinski definition) is 3. The molecule has 0 bridgehead atoms. The number of aliphatic hydroxyl groups is 1. The van der Waals surface area contributed by atoms with Gasteiger partial charge in [0.2, 0.25) is 0 Å². The van der Waals surface area contributed by atoms with Gasteiger partial charge < -0.3 is 10.0 Å². The van der Waals surface area contributed by atoms with Gasteiger partial charge in [-0.15, -0.1) is 0 Å².